The number of allylic oxidation sites excluding steroid dienone is 1. The Kier molecular flexibility index (Phi) is 6.56. The van der Waals surface area contributed by atoms with Crippen molar-refractivity contribution < 1.29 is 0 Å². The highest BCUT2D eigenvalue weighted by atomic mass is 14.4. The largest absolute Gasteiger partial charge is 0.103 e. The van der Waals surface area contributed by atoms with E-state index in [-0.39, 0.29) is 0 Å². The van der Waals surface area contributed by atoms with Crippen molar-refractivity contribution in [2.45, 2.75) is 64.2 Å². The van der Waals surface area contributed by atoms with Crippen LogP contribution in [-0.4, -0.2) is 0 Å². The summed E-state index contributed by atoms with van der Waals surface area (Å²) in [6, 6.07) is 17.5. The fourth-order valence-corrected chi connectivity index (χ4v) is 5.52. The van der Waals surface area contributed by atoms with Gasteiger partial charge in [0, 0.05) is 11.1 Å². The summed E-state index contributed by atoms with van der Waals surface area (Å²) in [7, 11) is 0. The smallest absolute Gasteiger partial charge is 0.0249 e. The Morgan fingerprint density at radius 1 is 0.828 bits per heavy atom. The van der Waals surface area contributed by atoms with Gasteiger partial charge in [-0.05, 0) is 105 Å². The van der Waals surface area contributed by atoms with Crippen LogP contribution in [0.5, 0.6) is 0 Å². The highest BCUT2D eigenvalue weighted by molar-refractivity contribution is 5.44. The van der Waals surface area contributed by atoms with Crippen LogP contribution < -0.4 is 0 Å². The molecule has 0 heteroatoms. The van der Waals surface area contributed by atoms with Gasteiger partial charge in [0.25, 0.3) is 0 Å². The standard InChI is InChI=1S/C29H34/c1-3-4-5-25-14-17-29-21-28(19-18-27(29)20-25)26-15-12-24(13-16-26)11-10-23-8-6-22(2)7-9-23/h3,6-9,12-13,15-16,25,27-29H,1,4-5,14,17-21H2,2H3/t25-,27?,28?,29-/m1/s1. The number of hydrogen-bond donors (Lipinski definition) is 0. The summed E-state index contributed by atoms with van der Waals surface area (Å²) < 4.78 is 0. The van der Waals surface area contributed by atoms with Gasteiger partial charge in [0.2, 0.25) is 0 Å². The van der Waals surface area contributed by atoms with Crippen LogP contribution in [0.25, 0.3) is 0 Å². The van der Waals surface area contributed by atoms with Gasteiger partial charge in [0.1, 0.15) is 0 Å². The average Bonchev–Trinajstić information content (AvgIpc) is 2.77. The number of rotatable bonds is 4. The Bertz CT molecular complexity index is 859. The molecule has 4 atom stereocenters. The molecule has 29 heavy (non-hydrogen) atoms. The molecule has 0 radical (unpaired) electrons. The fraction of sp³-hybridized carbons (Fsp3) is 0.448. The van der Waals surface area contributed by atoms with Crippen LogP contribution in [0.1, 0.15) is 79.5 Å². The molecule has 0 bridgehead atoms. The van der Waals surface area contributed by atoms with Crippen LogP contribution in [0, 0.1) is 36.5 Å². The zero-order chi connectivity index (χ0) is 20.1. The highest BCUT2D eigenvalue weighted by Crippen LogP contribution is 2.48. The Morgan fingerprint density at radius 3 is 2.14 bits per heavy atom. The van der Waals surface area contributed by atoms with Gasteiger partial charge in [0.05, 0.1) is 0 Å². The van der Waals surface area contributed by atoms with Gasteiger partial charge in [0.15, 0.2) is 0 Å². The van der Waals surface area contributed by atoms with Crippen molar-refractivity contribution in [1.29, 1.82) is 0 Å². The van der Waals surface area contributed by atoms with Crippen LogP contribution in [0.2, 0.25) is 0 Å². The maximum Gasteiger partial charge on any atom is 0.0249 e. The second-order valence-electron chi connectivity index (χ2n) is 9.31. The molecule has 2 aromatic carbocycles. The van der Waals surface area contributed by atoms with Crippen LogP contribution in [0.4, 0.5) is 0 Å². The van der Waals surface area contributed by atoms with E-state index in [1.165, 1.54) is 62.5 Å². The van der Waals surface area contributed by atoms with Gasteiger partial charge in [-0.15, -0.1) is 6.58 Å². The first-order chi connectivity index (χ1) is 14.2. The molecule has 2 unspecified atom stereocenters. The van der Waals surface area contributed by atoms with E-state index in [0.29, 0.717) is 0 Å². The van der Waals surface area contributed by atoms with Gasteiger partial charge >= 0.3 is 0 Å². The number of benzene rings is 2. The van der Waals surface area contributed by atoms with Crippen LogP contribution in [0.3, 0.4) is 0 Å². The molecule has 0 aromatic heterocycles. The molecule has 0 aliphatic heterocycles. The summed E-state index contributed by atoms with van der Waals surface area (Å²) in [4.78, 5) is 0. The lowest BCUT2D eigenvalue weighted by Gasteiger charge is -2.42. The molecule has 2 aliphatic rings. The van der Waals surface area contributed by atoms with Gasteiger partial charge < -0.3 is 0 Å². The zero-order valence-electron chi connectivity index (χ0n) is 17.9. The highest BCUT2D eigenvalue weighted by Gasteiger charge is 2.35. The van der Waals surface area contributed by atoms with E-state index in [4.69, 9.17) is 0 Å². The average molecular weight is 383 g/mol. The predicted octanol–water partition coefficient (Wildman–Crippen LogP) is 7.66. The topological polar surface area (TPSA) is 0 Å². The van der Waals surface area contributed by atoms with Gasteiger partial charge in [-0.3, -0.25) is 0 Å². The minimum absolute atomic E-state index is 0.750. The Labute approximate surface area is 177 Å². The molecule has 0 nitrogen and oxygen atoms in total. The normalized spacial score (nSPS) is 26.1. The van der Waals surface area contributed by atoms with Crippen molar-refractivity contribution in [2.75, 3.05) is 0 Å². The number of fused-ring (bicyclic) bond motifs is 1. The Balaban J connectivity index is 1.34. The molecular weight excluding hydrogens is 348 g/mol. The number of hydrogen-bond acceptors (Lipinski definition) is 0. The zero-order valence-corrected chi connectivity index (χ0v) is 17.9. The molecular formula is C29H34. The Hall–Kier alpha value is -2.26. The summed E-state index contributed by atoms with van der Waals surface area (Å²) in [5, 5.41) is 0. The van der Waals surface area contributed by atoms with Crippen molar-refractivity contribution in [2.24, 2.45) is 17.8 Å². The molecule has 2 fully saturated rings. The third-order valence-electron chi connectivity index (χ3n) is 7.29. The first kappa shape index (κ1) is 20.0. The summed E-state index contributed by atoms with van der Waals surface area (Å²) in [6.07, 6.45) is 13.2. The third-order valence-corrected chi connectivity index (χ3v) is 7.29. The van der Waals surface area contributed by atoms with E-state index in [1.54, 1.807) is 0 Å². The first-order valence-electron chi connectivity index (χ1n) is 11.5. The molecule has 0 N–H and O–H groups in total. The lowest BCUT2D eigenvalue weighted by atomic mass is 9.63. The summed E-state index contributed by atoms with van der Waals surface area (Å²) in [6.45, 7) is 6.01. The molecule has 2 aromatic rings. The summed E-state index contributed by atoms with van der Waals surface area (Å²) >= 11 is 0. The second-order valence-corrected chi connectivity index (χ2v) is 9.31. The van der Waals surface area contributed by atoms with E-state index in [0.717, 1.165) is 34.8 Å². The van der Waals surface area contributed by atoms with Crippen LogP contribution in [0.15, 0.2) is 61.2 Å². The third kappa shape index (κ3) is 5.22. The molecule has 4 rings (SSSR count). The molecule has 0 amide bonds. The van der Waals surface area contributed by atoms with Crippen molar-refractivity contribution >= 4 is 0 Å². The van der Waals surface area contributed by atoms with E-state index in [9.17, 15) is 0 Å². The minimum Gasteiger partial charge on any atom is -0.103 e. The fourth-order valence-electron chi connectivity index (χ4n) is 5.52. The predicted molar refractivity (Wildman–Crippen MR) is 124 cm³/mol. The SMILES string of the molecule is C=CCC[C@@H]1CC[C@@H]2CC(c3ccc(C#Cc4ccc(C)cc4)cc3)CCC2C1. The van der Waals surface area contributed by atoms with Crippen molar-refractivity contribution in [3.8, 4) is 11.8 Å². The lowest BCUT2D eigenvalue weighted by Crippen LogP contribution is -2.30. The van der Waals surface area contributed by atoms with Crippen molar-refractivity contribution in [3.63, 3.8) is 0 Å². The van der Waals surface area contributed by atoms with Gasteiger partial charge in [-0.1, -0.05) is 54.2 Å². The van der Waals surface area contributed by atoms with E-state index >= 15 is 0 Å². The monoisotopic (exact) mass is 382 g/mol. The van der Waals surface area contributed by atoms with Crippen LogP contribution in [-0.2, 0) is 0 Å². The maximum atomic E-state index is 3.90. The van der Waals surface area contributed by atoms with Gasteiger partial charge in [-0.25, -0.2) is 0 Å². The van der Waals surface area contributed by atoms with Crippen molar-refractivity contribution in [1.82, 2.24) is 0 Å². The lowest BCUT2D eigenvalue weighted by molar-refractivity contribution is 0.115. The van der Waals surface area contributed by atoms with Crippen LogP contribution >= 0.6 is 0 Å². The van der Waals surface area contributed by atoms with E-state index < -0.39 is 0 Å². The molecule has 0 saturated heterocycles. The summed E-state index contributed by atoms with van der Waals surface area (Å²) in [5.74, 6) is 10.2. The van der Waals surface area contributed by atoms with E-state index in [2.05, 4.69) is 80.0 Å². The molecule has 2 aliphatic carbocycles. The van der Waals surface area contributed by atoms with Crippen molar-refractivity contribution in [3.05, 3.63) is 83.4 Å². The number of aryl methyl sites for hydroxylation is 1. The first-order valence-corrected chi connectivity index (χ1v) is 11.5. The second kappa shape index (κ2) is 9.49. The molecule has 0 heterocycles. The van der Waals surface area contributed by atoms with Gasteiger partial charge in [-0.2, -0.15) is 0 Å². The molecule has 150 valence electrons. The maximum absolute atomic E-state index is 3.90. The molecule has 2 saturated carbocycles. The Morgan fingerprint density at radius 2 is 1.45 bits per heavy atom. The minimum atomic E-state index is 0.750. The molecule has 0 spiro atoms. The quantitative estimate of drug-likeness (QED) is 0.376. The van der Waals surface area contributed by atoms with E-state index in [1.807, 2.05) is 0 Å². The summed E-state index contributed by atoms with van der Waals surface area (Å²) in [5.41, 5.74) is 5.01.